The van der Waals surface area contributed by atoms with Crippen molar-refractivity contribution in [1.29, 1.82) is 0 Å². The Morgan fingerprint density at radius 2 is 2.14 bits per heavy atom. The first-order valence-electron chi connectivity index (χ1n) is 6.44. The van der Waals surface area contributed by atoms with Gasteiger partial charge in [-0.3, -0.25) is 0 Å². The molecule has 1 aromatic rings. The van der Waals surface area contributed by atoms with E-state index in [2.05, 4.69) is 10.0 Å². The Morgan fingerprint density at radius 3 is 2.71 bits per heavy atom. The van der Waals surface area contributed by atoms with Gasteiger partial charge in [-0.05, 0) is 17.7 Å². The van der Waals surface area contributed by atoms with Crippen molar-refractivity contribution in [3.8, 4) is 0 Å². The van der Waals surface area contributed by atoms with Crippen LogP contribution in [0.15, 0.2) is 40.3 Å². The molecule has 1 saturated heterocycles. The van der Waals surface area contributed by atoms with Gasteiger partial charge in [-0.15, -0.1) is 0 Å². The molecule has 0 aliphatic carbocycles. The van der Waals surface area contributed by atoms with E-state index in [4.69, 9.17) is 15.0 Å². The first-order chi connectivity index (χ1) is 10.2. The Labute approximate surface area is 126 Å². The molecule has 114 valence electrons. The predicted octanol–water partition coefficient (Wildman–Crippen LogP) is 1.55. The molecule has 2 N–H and O–H groups in total. The van der Waals surface area contributed by atoms with Crippen molar-refractivity contribution < 1.29 is 19.7 Å². The monoisotopic (exact) mass is 311 g/mol. The van der Waals surface area contributed by atoms with Crippen LogP contribution in [0, 0.1) is 0 Å². The minimum Gasteiger partial charge on any atom is -0.394 e. The maximum Gasteiger partial charge on any atom is 0.134 e. The number of hydrogen-bond acceptors (Lipinski definition) is 6. The summed E-state index contributed by atoms with van der Waals surface area (Å²) in [5.41, 5.74) is 8.17. The molecule has 0 radical (unpaired) electrons. The van der Waals surface area contributed by atoms with Gasteiger partial charge in [-0.25, -0.2) is 0 Å². The van der Waals surface area contributed by atoms with Crippen LogP contribution in [0.1, 0.15) is 0 Å². The zero-order valence-electron chi connectivity index (χ0n) is 11.4. The highest BCUT2D eigenvalue weighted by Crippen LogP contribution is 2.35. The van der Waals surface area contributed by atoms with Gasteiger partial charge in [0.2, 0.25) is 0 Å². The standard InChI is InChI=1S/C13H17N3O4S/c1-19-12-10(15-16-14)11(18)9(7-17)20-13(12)21-8-5-3-2-4-6-8/h2-6,9-13,17-18H,7H2,1H3/t9-,10+,11+,12-,13+/m1/s1. The van der Waals surface area contributed by atoms with Crippen LogP contribution in [0.25, 0.3) is 10.4 Å². The van der Waals surface area contributed by atoms with Crippen LogP contribution in [0.4, 0.5) is 0 Å². The van der Waals surface area contributed by atoms with Crippen LogP contribution < -0.4 is 0 Å². The van der Waals surface area contributed by atoms with Crippen molar-refractivity contribution in [2.24, 2.45) is 5.11 Å². The van der Waals surface area contributed by atoms with Gasteiger partial charge in [-0.2, -0.15) is 0 Å². The third-order valence-corrected chi connectivity index (χ3v) is 4.43. The number of benzene rings is 1. The zero-order chi connectivity index (χ0) is 15.2. The first-order valence-corrected chi connectivity index (χ1v) is 7.32. The molecule has 8 heteroatoms. The van der Waals surface area contributed by atoms with Crippen LogP contribution >= 0.6 is 11.8 Å². The van der Waals surface area contributed by atoms with Crippen molar-refractivity contribution >= 4 is 11.8 Å². The fourth-order valence-corrected chi connectivity index (χ4v) is 3.42. The summed E-state index contributed by atoms with van der Waals surface area (Å²) < 4.78 is 11.0. The molecule has 0 bridgehead atoms. The van der Waals surface area contributed by atoms with Crippen LogP contribution in [0.3, 0.4) is 0 Å². The maximum atomic E-state index is 10.1. The molecule has 7 nitrogen and oxygen atoms in total. The maximum absolute atomic E-state index is 10.1. The molecule has 1 aromatic carbocycles. The van der Waals surface area contributed by atoms with Crippen molar-refractivity contribution in [1.82, 2.24) is 0 Å². The Kier molecular flexibility index (Phi) is 5.86. The Balaban J connectivity index is 2.23. The smallest absolute Gasteiger partial charge is 0.134 e. The van der Waals surface area contributed by atoms with Gasteiger partial charge in [0.15, 0.2) is 0 Å². The normalized spacial score (nSPS) is 32.4. The van der Waals surface area contributed by atoms with Gasteiger partial charge < -0.3 is 19.7 Å². The molecule has 1 aliphatic heterocycles. The summed E-state index contributed by atoms with van der Waals surface area (Å²) in [7, 11) is 1.47. The van der Waals surface area contributed by atoms with Gasteiger partial charge in [0.05, 0.1) is 18.8 Å². The van der Waals surface area contributed by atoms with E-state index in [1.807, 2.05) is 30.3 Å². The van der Waals surface area contributed by atoms with E-state index in [0.717, 1.165) is 4.90 Å². The summed E-state index contributed by atoms with van der Waals surface area (Å²) in [4.78, 5) is 3.71. The first kappa shape index (κ1) is 16.1. The van der Waals surface area contributed by atoms with E-state index in [-0.39, 0.29) is 6.61 Å². The van der Waals surface area contributed by atoms with Crippen LogP contribution in [-0.4, -0.2) is 53.7 Å². The number of rotatable bonds is 5. The minimum atomic E-state index is -1.11. The molecule has 21 heavy (non-hydrogen) atoms. The number of hydrogen-bond donors (Lipinski definition) is 2. The Morgan fingerprint density at radius 1 is 1.43 bits per heavy atom. The SMILES string of the molecule is CO[C@@H]1[C@@H](N=[N+]=[N-])[C@@H](O)[C@@H](CO)O[C@H]1Sc1ccccc1. The average molecular weight is 311 g/mol. The number of methoxy groups -OCH3 is 1. The topological polar surface area (TPSA) is 108 Å². The summed E-state index contributed by atoms with van der Waals surface area (Å²) >= 11 is 1.40. The van der Waals surface area contributed by atoms with Crippen LogP contribution in [0.5, 0.6) is 0 Å². The lowest BCUT2D eigenvalue weighted by Gasteiger charge is -2.41. The van der Waals surface area contributed by atoms with E-state index < -0.39 is 29.8 Å². The zero-order valence-corrected chi connectivity index (χ0v) is 12.3. The van der Waals surface area contributed by atoms with Gasteiger partial charge >= 0.3 is 0 Å². The lowest BCUT2D eigenvalue weighted by atomic mass is 9.98. The highest BCUT2D eigenvalue weighted by atomic mass is 32.2. The molecule has 0 unspecified atom stereocenters. The Hall–Kier alpha value is -1.28. The van der Waals surface area contributed by atoms with Crippen molar-refractivity contribution in [3.05, 3.63) is 40.8 Å². The number of thioether (sulfide) groups is 1. The molecular formula is C13H17N3O4S. The third-order valence-electron chi connectivity index (χ3n) is 3.28. The van der Waals surface area contributed by atoms with Gasteiger partial charge in [0, 0.05) is 16.9 Å². The highest BCUT2D eigenvalue weighted by Gasteiger charge is 2.45. The van der Waals surface area contributed by atoms with Crippen molar-refractivity contribution in [3.63, 3.8) is 0 Å². The fourth-order valence-electron chi connectivity index (χ4n) is 2.23. The van der Waals surface area contributed by atoms with E-state index >= 15 is 0 Å². The summed E-state index contributed by atoms with van der Waals surface area (Å²) in [5.74, 6) is 0. The molecule has 1 aliphatic rings. The van der Waals surface area contributed by atoms with Crippen LogP contribution in [-0.2, 0) is 9.47 Å². The second kappa shape index (κ2) is 7.65. The molecule has 0 saturated carbocycles. The second-order valence-electron chi connectivity index (χ2n) is 4.54. The summed E-state index contributed by atoms with van der Waals surface area (Å²) in [5, 5.41) is 23.0. The summed E-state index contributed by atoms with van der Waals surface area (Å²) in [6, 6.07) is 8.73. The average Bonchev–Trinajstić information content (AvgIpc) is 2.51. The lowest BCUT2D eigenvalue weighted by Crippen LogP contribution is -2.57. The number of nitrogens with zero attached hydrogens (tertiary/aromatic N) is 3. The predicted molar refractivity (Wildman–Crippen MR) is 77.8 cm³/mol. The van der Waals surface area contributed by atoms with Gasteiger partial charge in [0.25, 0.3) is 0 Å². The van der Waals surface area contributed by atoms with Gasteiger partial charge in [0.1, 0.15) is 17.6 Å². The molecule has 0 amide bonds. The summed E-state index contributed by atoms with van der Waals surface area (Å²) in [6.07, 6.45) is -2.53. The van der Waals surface area contributed by atoms with Gasteiger partial charge in [-0.1, -0.05) is 35.1 Å². The number of azide groups is 1. The summed E-state index contributed by atoms with van der Waals surface area (Å²) in [6.45, 7) is -0.360. The van der Waals surface area contributed by atoms with E-state index in [9.17, 15) is 10.2 Å². The molecule has 5 atom stereocenters. The molecule has 1 fully saturated rings. The third kappa shape index (κ3) is 3.68. The van der Waals surface area contributed by atoms with Crippen molar-refractivity contribution in [2.75, 3.05) is 13.7 Å². The molecule has 0 spiro atoms. The quantitative estimate of drug-likeness (QED) is 0.487. The molecular weight excluding hydrogens is 294 g/mol. The van der Waals surface area contributed by atoms with E-state index in [1.54, 1.807) is 0 Å². The second-order valence-corrected chi connectivity index (χ2v) is 5.71. The lowest BCUT2D eigenvalue weighted by molar-refractivity contribution is -0.167. The fraction of sp³-hybridized carbons (Fsp3) is 0.538. The molecule has 0 aromatic heterocycles. The van der Waals surface area contributed by atoms with Crippen molar-refractivity contribution in [2.45, 2.75) is 34.7 Å². The highest BCUT2D eigenvalue weighted by molar-refractivity contribution is 7.99. The Bertz CT molecular complexity index is 497. The molecule has 1 heterocycles. The molecule has 2 rings (SSSR count). The van der Waals surface area contributed by atoms with E-state index in [0.29, 0.717) is 0 Å². The number of ether oxygens (including phenoxy) is 2. The minimum absolute atomic E-state index is 0.360. The number of aliphatic hydroxyl groups excluding tert-OH is 2. The largest absolute Gasteiger partial charge is 0.394 e. The number of aliphatic hydroxyl groups is 2. The van der Waals surface area contributed by atoms with Crippen LogP contribution in [0.2, 0.25) is 0 Å². The van der Waals surface area contributed by atoms with E-state index in [1.165, 1.54) is 18.9 Å².